The Morgan fingerprint density at radius 3 is 2.71 bits per heavy atom. The van der Waals surface area contributed by atoms with Crippen LogP contribution in [0.25, 0.3) is 0 Å². The molecule has 1 atom stereocenters. The van der Waals surface area contributed by atoms with Crippen LogP contribution in [0.5, 0.6) is 5.75 Å². The zero-order valence-electron chi connectivity index (χ0n) is 9.97. The van der Waals surface area contributed by atoms with Crippen LogP contribution in [0.2, 0.25) is 0 Å². The molecule has 0 fully saturated rings. The lowest BCUT2D eigenvalue weighted by molar-refractivity contribution is -0.137. The number of carboxylic acids is 1. The van der Waals surface area contributed by atoms with Crippen LogP contribution < -0.4 is 4.74 Å². The van der Waals surface area contributed by atoms with Gasteiger partial charge in [-0.05, 0) is 32.4 Å². The van der Waals surface area contributed by atoms with E-state index >= 15 is 0 Å². The Morgan fingerprint density at radius 1 is 1.41 bits per heavy atom. The largest absolute Gasteiger partial charge is 0.491 e. The SMILES string of the molecule is CC(=O)c1cccc(OC(C)CCC(=O)O)c1. The van der Waals surface area contributed by atoms with Gasteiger partial charge < -0.3 is 9.84 Å². The second kappa shape index (κ2) is 6.03. The van der Waals surface area contributed by atoms with Crippen molar-refractivity contribution in [2.45, 2.75) is 32.8 Å². The van der Waals surface area contributed by atoms with Crippen LogP contribution in [0, 0.1) is 0 Å². The number of carbonyl (C=O) groups excluding carboxylic acids is 1. The average Bonchev–Trinajstić information content (AvgIpc) is 2.26. The lowest BCUT2D eigenvalue weighted by Gasteiger charge is -2.14. The first-order valence-corrected chi connectivity index (χ1v) is 5.48. The van der Waals surface area contributed by atoms with Gasteiger partial charge in [-0.2, -0.15) is 0 Å². The van der Waals surface area contributed by atoms with Gasteiger partial charge in [0.1, 0.15) is 5.75 Å². The molecule has 1 aromatic rings. The third-order valence-corrected chi connectivity index (χ3v) is 2.34. The van der Waals surface area contributed by atoms with E-state index < -0.39 is 5.97 Å². The van der Waals surface area contributed by atoms with Crippen LogP contribution in [-0.4, -0.2) is 23.0 Å². The molecule has 0 aromatic heterocycles. The molecule has 0 heterocycles. The van der Waals surface area contributed by atoms with Crippen LogP contribution in [0.1, 0.15) is 37.0 Å². The number of ether oxygens (including phenoxy) is 1. The molecule has 0 saturated carbocycles. The highest BCUT2D eigenvalue weighted by Crippen LogP contribution is 2.16. The van der Waals surface area contributed by atoms with E-state index in [1.54, 1.807) is 24.3 Å². The van der Waals surface area contributed by atoms with Gasteiger partial charge in [0.15, 0.2) is 5.78 Å². The quantitative estimate of drug-likeness (QED) is 0.771. The maximum absolute atomic E-state index is 11.2. The Kier molecular flexibility index (Phi) is 4.69. The minimum absolute atomic E-state index is 0.0198. The van der Waals surface area contributed by atoms with E-state index in [-0.39, 0.29) is 18.3 Å². The smallest absolute Gasteiger partial charge is 0.303 e. The van der Waals surface area contributed by atoms with Crippen LogP contribution in [-0.2, 0) is 4.79 Å². The Balaban J connectivity index is 2.58. The van der Waals surface area contributed by atoms with Crippen LogP contribution in [0.15, 0.2) is 24.3 Å². The lowest BCUT2D eigenvalue weighted by atomic mass is 10.1. The van der Waals surface area contributed by atoms with Crippen molar-refractivity contribution in [3.8, 4) is 5.75 Å². The first kappa shape index (κ1) is 13.2. The molecule has 0 aliphatic heterocycles. The highest BCUT2D eigenvalue weighted by molar-refractivity contribution is 5.94. The van der Waals surface area contributed by atoms with Gasteiger partial charge in [-0.1, -0.05) is 12.1 Å². The summed E-state index contributed by atoms with van der Waals surface area (Å²) in [6.07, 6.45) is 0.334. The summed E-state index contributed by atoms with van der Waals surface area (Å²) in [7, 11) is 0. The highest BCUT2D eigenvalue weighted by atomic mass is 16.5. The zero-order valence-corrected chi connectivity index (χ0v) is 9.97. The first-order valence-electron chi connectivity index (χ1n) is 5.48. The Labute approximate surface area is 100 Å². The third kappa shape index (κ3) is 4.68. The summed E-state index contributed by atoms with van der Waals surface area (Å²) in [6, 6.07) is 6.89. The maximum Gasteiger partial charge on any atom is 0.303 e. The van der Waals surface area contributed by atoms with Crippen molar-refractivity contribution in [1.82, 2.24) is 0 Å². The molecule has 4 heteroatoms. The van der Waals surface area contributed by atoms with Crippen molar-refractivity contribution >= 4 is 11.8 Å². The van der Waals surface area contributed by atoms with Crippen molar-refractivity contribution in [2.75, 3.05) is 0 Å². The molecule has 92 valence electrons. The summed E-state index contributed by atoms with van der Waals surface area (Å²) in [5.41, 5.74) is 0.591. The van der Waals surface area contributed by atoms with E-state index in [2.05, 4.69) is 0 Å². The monoisotopic (exact) mass is 236 g/mol. The van der Waals surface area contributed by atoms with Gasteiger partial charge >= 0.3 is 5.97 Å². The molecule has 0 bridgehead atoms. The normalized spacial score (nSPS) is 11.9. The molecule has 17 heavy (non-hydrogen) atoms. The Hall–Kier alpha value is -1.84. The van der Waals surface area contributed by atoms with Crippen LogP contribution >= 0.6 is 0 Å². The second-order valence-electron chi connectivity index (χ2n) is 3.94. The number of rotatable bonds is 6. The van der Waals surface area contributed by atoms with E-state index in [4.69, 9.17) is 9.84 Å². The van der Waals surface area contributed by atoms with Crippen molar-refractivity contribution < 1.29 is 19.4 Å². The summed E-state index contributed by atoms with van der Waals surface area (Å²) in [5.74, 6) is -0.262. The topological polar surface area (TPSA) is 63.6 Å². The summed E-state index contributed by atoms with van der Waals surface area (Å²) in [4.78, 5) is 21.6. The van der Waals surface area contributed by atoms with E-state index in [9.17, 15) is 9.59 Å². The average molecular weight is 236 g/mol. The number of carboxylic acid groups (broad SMARTS) is 1. The van der Waals surface area contributed by atoms with Crippen LogP contribution in [0.4, 0.5) is 0 Å². The fraction of sp³-hybridized carbons (Fsp3) is 0.385. The second-order valence-corrected chi connectivity index (χ2v) is 3.94. The van der Waals surface area contributed by atoms with Crippen molar-refractivity contribution in [3.05, 3.63) is 29.8 Å². The molecule has 0 radical (unpaired) electrons. The molecule has 0 aliphatic carbocycles. The number of hydrogen-bond acceptors (Lipinski definition) is 3. The third-order valence-electron chi connectivity index (χ3n) is 2.34. The molecule has 1 unspecified atom stereocenters. The summed E-state index contributed by atoms with van der Waals surface area (Å²) in [5, 5.41) is 8.55. The van der Waals surface area contributed by atoms with Gasteiger partial charge in [0, 0.05) is 12.0 Å². The Morgan fingerprint density at radius 2 is 2.12 bits per heavy atom. The molecule has 0 amide bonds. The zero-order chi connectivity index (χ0) is 12.8. The van der Waals surface area contributed by atoms with Crippen molar-refractivity contribution in [3.63, 3.8) is 0 Å². The highest BCUT2D eigenvalue weighted by Gasteiger charge is 2.08. The van der Waals surface area contributed by atoms with Gasteiger partial charge in [0.25, 0.3) is 0 Å². The number of aliphatic carboxylic acids is 1. The van der Waals surface area contributed by atoms with Crippen LogP contribution in [0.3, 0.4) is 0 Å². The number of Topliss-reactive ketones (excluding diaryl/α,β-unsaturated/α-hetero) is 1. The lowest BCUT2D eigenvalue weighted by Crippen LogP contribution is -2.13. The number of ketones is 1. The van der Waals surface area contributed by atoms with Crippen molar-refractivity contribution in [2.24, 2.45) is 0 Å². The molecule has 0 spiro atoms. The molecule has 0 aliphatic rings. The van der Waals surface area contributed by atoms with Gasteiger partial charge in [-0.3, -0.25) is 9.59 Å². The van der Waals surface area contributed by atoms with E-state index in [1.807, 2.05) is 6.92 Å². The maximum atomic E-state index is 11.2. The van der Waals surface area contributed by atoms with E-state index in [0.29, 0.717) is 17.7 Å². The Bertz CT molecular complexity index is 412. The van der Waals surface area contributed by atoms with Gasteiger partial charge in [0.2, 0.25) is 0 Å². The molecule has 1 N–H and O–H groups in total. The van der Waals surface area contributed by atoms with Gasteiger partial charge in [-0.25, -0.2) is 0 Å². The van der Waals surface area contributed by atoms with Gasteiger partial charge in [-0.15, -0.1) is 0 Å². The molecular formula is C13H16O4. The minimum atomic E-state index is -0.835. The molecular weight excluding hydrogens is 220 g/mol. The number of carbonyl (C=O) groups is 2. The van der Waals surface area contributed by atoms with Gasteiger partial charge in [0.05, 0.1) is 6.10 Å². The molecule has 1 aromatic carbocycles. The first-order chi connectivity index (χ1) is 7.99. The predicted molar refractivity (Wildman–Crippen MR) is 63.4 cm³/mol. The summed E-state index contributed by atoms with van der Waals surface area (Å²) < 4.78 is 5.54. The molecule has 4 nitrogen and oxygen atoms in total. The predicted octanol–water partition coefficient (Wildman–Crippen LogP) is 2.52. The fourth-order valence-electron chi connectivity index (χ4n) is 1.41. The van der Waals surface area contributed by atoms with Crippen molar-refractivity contribution in [1.29, 1.82) is 0 Å². The summed E-state index contributed by atoms with van der Waals surface area (Å²) in [6.45, 7) is 3.30. The summed E-state index contributed by atoms with van der Waals surface area (Å²) >= 11 is 0. The standard InChI is InChI=1S/C13H16O4/c1-9(6-7-13(15)16)17-12-5-3-4-11(8-12)10(2)14/h3-5,8-9H,6-7H2,1-2H3,(H,15,16). The van der Waals surface area contributed by atoms with E-state index in [1.165, 1.54) is 6.92 Å². The molecule has 1 rings (SSSR count). The number of benzene rings is 1. The minimum Gasteiger partial charge on any atom is -0.491 e. The molecule has 0 saturated heterocycles. The van der Waals surface area contributed by atoms with E-state index in [0.717, 1.165) is 0 Å². The number of hydrogen-bond donors (Lipinski definition) is 1. The fourth-order valence-corrected chi connectivity index (χ4v) is 1.41.